The van der Waals surface area contributed by atoms with E-state index in [0.717, 1.165) is 0 Å². The fourth-order valence-electron chi connectivity index (χ4n) is 0.805. The number of amides is 1. The summed E-state index contributed by atoms with van der Waals surface area (Å²) in [5, 5.41) is 2.83. The molecule has 0 aliphatic heterocycles. The zero-order valence-electron chi connectivity index (χ0n) is 9.13. The standard InChI is InChI=1S/C9H20N2O3/c1-4-13-5-6-14-7-9(2,11-3)8(10)12/h11H,4-7H2,1-3H3,(H2,10,12). The van der Waals surface area contributed by atoms with Crippen LogP contribution < -0.4 is 11.1 Å². The minimum absolute atomic E-state index is 0.256. The van der Waals surface area contributed by atoms with Gasteiger partial charge in [0.15, 0.2) is 0 Å². The van der Waals surface area contributed by atoms with Crippen molar-refractivity contribution in [1.29, 1.82) is 0 Å². The molecule has 0 aliphatic carbocycles. The van der Waals surface area contributed by atoms with Gasteiger partial charge in [-0.05, 0) is 20.9 Å². The lowest BCUT2D eigenvalue weighted by atomic mass is 10.0. The number of hydrogen-bond acceptors (Lipinski definition) is 4. The number of rotatable bonds is 8. The van der Waals surface area contributed by atoms with Crippen LogP contribution in [0.2, 0.25) is 0 Å². The van der Waals surface area contributed by atoms with Gasteiger partial charge >= 0.3 is 0 Å². The lowest BCUT2D eigenvalue weighted by molar-refractivity contribution is -0.126. The lowest BCUT2D eigenvalue weighted by Crippen LogP contribution is -2.55. The summed E-state index contributed by atoms with van der Waals surface area (Å²) >= 11 is 0. The summed E-state index contributed by atoms with van der Waals surface area (Å²) in [5.74, 6) is -0.420. The molecule has 84 valence electrons. The minimum atomic E-state index is -0.799. The predicted octanol–water partition coefficient (Wildman–Crippen LogP) is -0.497. The van der Waals surface area contributed by atoms with Crippen molar-refractivity contribution in [2.24, 2.45) is 5.73 Å². The number of carbonyl (C=O) groups excluding carboxylic acids is 1. The van der Waals surface area contributed by atoms with Crippen LogP contribution in [0.5, 0.6) is 0 Å². The monoisotopic (exact) mass is 204 g/mol. The second-order valence-corrected chi connectivity index (χ2v) is 3.20. The minimum Gasteiger partial charge on any atom is -0.379 e. The highest BCUT2D eigenvalue weighted by Crippen LogP contribution is 2.02. The van der Waals surface area contributed by atoms with E-state index in [1.165, 1.54) is 0 Å². The van der Waals surface area contributed by atoms with Gasteiger partial charge in [-0.25, -0.2) is 0 Å². The second kappa shape index (κ2) is 6.75. The topological polar surface area (TPSA) is 73.6 Å². The van der Waals surface area contributed by atoms with Gasteiger partial charge in [0.2, 0.25) is 5.91 Å². The van der Waals surface area contributed by atoms with Crippen LogP contribution in [-0.4, -0.2) is 44.9 Å². The molecule has 0 spiro atoms. The summed E-state index contributed by atoms with van der Waals surface area (Å²) in [6.45, 7) is 5.55. The molecule has 0 heterocycles. The number of primary amides is 1. The van der Waals surface area contributed by atoms with E-state index in [1.54, 1.807) is 14.0 Å². The highest BCUT2D eigenvalue weighted by Gasteiger charge is 2.28. The van der Waals surface area contributed by atoms with Crippen molar-refractivity contribution in [3.05, 3.63) is 0 Å². The highest BCUT2D eigenvalue weighted by atomic mass is 16.5. The van der Waals surface area contributed by atoms with Crippen LogP contribution in [0, 0.1) is 0 Å². The molecule has 0 bridgehead atoms. The van der Waals surface area contributed by atoms with Gasteiger partial charge in [-0.3, -0.25) is 4.79 Å². The number of nitrogens with one attached hydrogen (secondary N) is 1. The molecular weight excluding hydrogens is 184 g/mol. The van der Waals surface area contributed by atoms with Crippen molar-refractivity contribution in [1.82, 2.24) is 5.32 Å². The largest absolute Gasteiger partial charge is 0.379 e. The number of carbonyl (C=O) groups is 1. The predicted molar refractivity (Wildman–Crippen MR) is 54.0 cm³/mol. The molecule has 5 heteroatoms. The van der Waals surface area contributed by atoms with E-state index in [4.69, 9.17) is 15.2 Å². The van der Waals surface area contributed by atoms with Crippen LogP contribution in [0.25, 0.3) is 0 Å². The van der Waals surface area contributed by atoms with E-state index in [-0.39, 0.29) is 6.61 Å². The lowest BCUT2D eigenvalue weighted by Gasteiger charge is -2.24. The van der Waals surface area contributed by atoms with E-state index in [2.05, 4.69) is 5.32 Å². The van der Waals surface area contributed by atoms with Gasteiger partial charge in [0, 0.05) is 6.61 Å². The quantitative estimate of drug-likeness (QED) is 0.523. The van der Waals surface area contributed by atoms with Crippen molar-refractivity contribution in [2.75, 3.05) is 33.5 Å². The molecule has 3 N–H and O–H groups in total. The van der Waals surface area contributed by atoms with Crippen molar-refractivity contribution in [3.8, 4) is 0 Å². The molecule has 0 saturated carbocycles. The maximum atomic E-state index is 11.0. The molecule has 0 saturated heterocycles. The Kier molecular flexibility index (Phi) is 6.44. The van der Waals surface area contributed by atoms with Gasteiger partial charge in [0.25, 0.3) is 0 Å². The Morgan fingerprint density at radius 1 is 1.43 bits per heavy atom. The summed E-state index contributed by atoms with van der Waals surface area (Å²) in [4.78, 5) is 11.0. The first-order chi connectivity index (χ1) is 6.56. The first-order valence-electron chi connectivity index (χ1n) is 4.71. The van der Waals surface area contributed by atoms with Gasteiger partial charge in [0.05, 0.1) is 19.8 Å². The van der Waals surface area contributed by atoms with Crippen LogP contribution in [-0.2, 0) is 14.3 Å². The Labute approximate surface area is 84.9 Å². The van der Waals surface area contributed by atoms with Gasteiger partial charge in [-0.2, -0.15) is 0 Å². The molecule has 0 fully saturated rings. The molecule has 1 unspecified atom stereocenters. The first-order valence-corrected chi connectivity index (χ1v) is 4.71. The van der Waals surface area contributed by atoms with Crippen molar-refractivity contribution >= 4 is 5.91 Å². The van der Waals surface area contributed by atoms with Crippen LogP contribution in [0.4, 0.5) is 0 Å². The normalized spacial score (nSPS) is 15.1. The third-order valence-electron chi connectivity index (χ3n) is 2.06. The summed E-state index contributed by atoms with van der Waals surface area (Å²) < 4.78 is 10.3. The van der Waals surface area contributed by atoms with Crippen LogP contribution in [0.1, 0.15) is 13.8 Å². The summed E-state index contributed by atoms with van der Waals surface area (Å²) in [6, 6.07) is 0. The third kappa shape index (κ3) is 4.55. The molecule has 1 amide bonds. The first kappa shape index (κ1) is 13.4. The van der Waals surface area contributed by atoms with Crippen molar-refractivity contribution in [2.45, 2.75) is 19.4 Å². The fourth-order valence-corrected chi connectivity index (χ4v) is 0.805. The number of likely N-dealkylation sites (N-methyl/N-ethyl adjacent to an activating group) is 1. The van der Waals surface area contributed by atoms with Crippen LogP contribution in [0.15, 0.2) is 0 Å². The molecule has 0 aliphatic rings. The Morgan fingerprint density at radius 3 is 2.43 bits per heavy atom. The molecule has 0 aromatic carbocycles. The van der Waals surface area contributed by atoms with Crippen molar-refractivity contribution < 1.29 is 14.3 Å². The van der Waals surface area contributed by atoms with Crippen LogP contribution >= 0.6 is 0 Å². The summed E-state index contributed by atoms with van der Waals surface area (Å²) in [7, 11) is 1.68. The summed E-state index contributed by atoms with van der Waals surface area (Å²) in [5.41, 5.74) is 4.41. The molecular formula is C9H20N2O3. The number of hydrogen-bond donors (Lipinski definition) is 2. The second-order valence-electron chi connectivity index (χ2n) is 3.20. The SMILES string of the molecule is CCOCCOCC(C)(NC)C(N)=O. The maximum Gasteiger partial charge on any atom is 0.239 e. The summed E-state index contributed by atoms with van der Waals surface area (Å²) in [6.07, 6.45) is 0. The average molecular weight is 204 g/mol. The smallest absolute Gasteiger partial charge is 0.239 e. The Hall–Kier alpha value is -0.650. The van der Waals surface area contributed by atoms with E-state index in [9.17, 15) is 4.79 Å². The van der Waals surface area contributed by atoms with E-state index >= 15 is 0 Å². The van der Waals surface area contributed by atoms with Gasteiger partial charge < -0.3 is 20.5 Å². The Bertz CT molecular complexity index is 175. The van der Waals surface area contributed by atoms with Gasteiger partial charge in [-0.1, -0.05) is 0 Å². The average Bonchev–Trinajstić information content (AvgIpc) is 2.17. The molecule has 1 atom stereocenters. The maximum absolute atomic E-state index is 11.0. The number of ether oxygens (including phenoxy) is 2. The molecule has 0 aromatic heterocycles. The molecule has 5 nitrogen and oxygen atoms in total. The highest BCUT2D eigenvalue weighted by molar-refractivity contribution is 5.84. The van der Waals surface area contributed by atoms with Crippen LogP contribution in [0.3, 0.4) is 0 Å². The Morgan fingerprint density at radius 2 is 2.00 bits per heavy atom. The molecule has 14 heavy (non-hydrogen) atoms. The number of nitrogens with two attached hydrogens (primary N) is 1. The zero-order valence-corrected chi connectivity index (χ0v) is 9.13. The zero-order chi connectivity index (χ0) is 11.0. The Balaban J connectivity index is 3.68. The van der Waals surface area contributed by atoms with E-state index in [0.29, 0.717) is 19.8 Å². The third-order valence-corrected chi connectivity index (χ3v) is 2.06. The molecule has 0 aromatic rings. The van der Waals surface area contributed by atoms with E-state index < -0.39 is 11.4 Å². The van der Waals surface area contributed by atoms with E-state index in [1.807, 2.05) is 6.92 Å². The van der Waals surface area contributed by atoms with Crippen molar-refractivity contribution in [3.63, 3.8) is 0 Å². The fraction of sp³-hybridized carbons (Fsp3) is 0.889. The molecule has 0 rings (SSSR count). The molecule has 0 radical (unpaired) electrons. The van der Waals surface area contributed by atoms with Gasteiger partial charge in [0.1, 0.15) is 5.54 Å². The van der Waals surface area contributed by atoms with Gasteiger partial charge in [-0.15, -0.1) is 0 Å².